The quantitative estimate of drug-likeness (QED) is 0.812. The molecule has 1 fully saturated rings. The second-order valence-electron chi connectivity index (χ2n) is 4.84. The summed E-state index contributed by atoms with van der Waals surface area (Å²) in [5.41, 5.74) is 1.04. The van der Waals surface area contributed by atoms with Gasteiger partial charge in [-0.1, -0.05) is 0 Å². The lowest BCUT2D eigenvalue weighted by Gasteiger charge is -2.16. The number of fused-ring (bicyclic) bond motifs is 1. The summed E-state index contributed by atoms with van der Waals surface area (Å²) >= 11 is 0. The zero-order valence-corrected chi connectivity index (χ0v) is 10.3. The van der Waals surface area contributed by atoms with Crippen LogP contribution in [0, 0.1) is 5.41 Å². The van der Waals surface area contributed by atoms with Gasteiger partial charge in [-0.25, -0.2) is 0 Å². The molecule has 18 heavy (non-hydrogen) atoms. The molecule has 0 saturated heterocycles. The Kier molecular flexibility index (Phi) is 2.83. The van der Waals surface area contributed by atoms with Gasteiger partial charge in [-0.05, 0) is 35.1 Å². The highest BCUT2D eigenvalue weighted by Gasteiger charge is 2.41. The van der Waals surface area contributed by atoms with Gasteiger partial charge in [-0.2, -0.15) is 4.52 Å². The van der Waals surface area contributed by atoms with Crippen molar-refractivity contribution in [3.05, 3.63) is 12.4 Å². The summed E-state index contributed by atoms with van der Waals surface area (Å²) < 4.78 is 6.82. The molecule has 0 aliphatic heterocycles. The highest BCUT2D eigenvalue weighted by atomic mass is 16.5. The molecule has 0 amide bonds. The molecular weight excluding hydrogens is 232 g/mol. The van der Waals surface area contributed by atoms with Crippen molar-refractivity contribution in [1.82, 2.24) is 25.0 Å². The SMILES string of the molecule is COCCC1(CNc2cncc3nnnn23)CC1. The maximum Gasteiger partial charge on any atom is 0.199 e. The van der Waals surface area contributed by atoms with E-state index >= 15 is 0 Å². The summed E-state index contributed by atoms with van der Waals surface area (Å²) in [4.78, 5) is 4.12. The second kappa shape index (κ2) is 4.49. The fourth-order valence-electron chi connectivity index (χ4n) is 2.08. The van der Waals surface area contributed by atoms with Crippen LogP contribution in [0.25, 0.3) is 5.65 Å². The Morgan fingerprint density at radius 1 is 1.44 bits per heavy atom. The molecule has 3 rings (SSSR count). The van der Waals surface area contributed by atoms with E-state index < -0.39 is 0 Å². The number of tetrazole rings is 1. The molecule has 0 unspecified atom stereocenters. The van der Waals surface area contributed by atoms with Gasteiger partial charge in [0.2, 0.25) is 0 Å². The Labute approximate surface area is 105 Å². The van der Waals surface area contributed by atoms with Crippen LogP contribution in [0.15, 0.2) is 12.4 Å². The van der Waals surface area contributed by atoms with Gasteiger partial charge >= 0.3 is 0 Å². The Morgan fingerprint density at radius 2 is 2.33 bits per heavy atom. The van der Waals surface area contributed by atoms with E-state index in [1.54, 1.807) is 24.0 Å². The minimum absolute atomic E-state index is 0.381. The monoisotopic (exact) mass is 248 g/mol. The van der Waals surface area contributed by atoms with Gasteiger partial charge in [0.25, 0.3) is 0 Å². The topological polar surface area (TPSA) is 77.2 Å². The van der Waals surface area contributed by atoms with Gasteiger partial charge in [0.05, 0.1) is 12.4 Å². The van der Waals surface area contributed by atoms with E-state index in [-0.39, 0.29) is 0 Å². The van der Waals surface area contributed by atoms with E-state index in [0.717, 1.165) is 25.4 Å². The molecule has 0 spiro atoms. The Morgan fingerprint density at radius 3 is 3.11 bits per heavy atom. The Bertz CT molecular complexity index is 535. The third kappa shape index (κ3) is 2.13. The van der Waals surface area contributed by atoms with E-state index in [2.05, 4.69) is 25.8 Å². The van der Waals surface area contributed by atoms with E-state index in [9.17, 15) is 0 Å². The first-order valence-electron chi connectivity index (χ1n) is 6.08. The molecule has 0 aromatic carbocycles. The van der Waals surface area contributed by atoms with Crippen LogP contribution in [0.1, 0.15) is 19.3 Å². The summed E-state index contributed by atoms with van der Waals surface area (Å²) in [5.74, 6) is 0.834. The predicted molar refractivity (Wildman–Crippen MR) is 65.2 cm³/mol. The van der Waals surface area contributed by atoms with Gasteiger partial charge in [0.15, 0.2) is 5.65 Å². The number of hydrogen-bond acceptors (Lipinski definition) is 6. The number of ether oxygens (including phenoxy) is 1. The van der Waals surface area contributed by atoms with Crippen LogP contribution in [0.3, 0.4) is 0 Å². The van der Waals surface area contributed by atoms with Gasteiger partial charge in [-0.15, -0.1) is 5.10 Å². The van der Waals surface area contributed by atoms with Crippen molar-refractivity contribution >= 4 is 11.5 Å². The lowest BCUT2D eigenvalue weighted by atomic mass is 10.0. The van der Waals surface area contributed by atoms with Crippen LogP contribution in [0.2, 0.25) is 0 Å². The third-order valence-electron chi connectivity index (χ3n) is 3.55. The van der Waals surface area contributed by atoms with E-state index in [4.69, 9.17) is 4.74 Å². The normalized spacial score (nSPS) is 16.9. The van der Waals surface area contributed by atoms with Crippen molar-refractivity contribution in [3.63, 3.8) is 0 Å². The van der Waals surface area contributed by atoms with Gasteiger partial charge in [0, 0.05) is 20.3 Å². The van der Waals surface area contributed by atoms with Crippen molar-refractivity contribution < 1.29 is 4.74 Å². The Hall–Kier alpha value is -1.76. The Balaban J connectivity index is 1.68. The molecule has 2 aromatic heterocycles. The standard InChI is InChI=1S/C11H16N6O/c1-18-5-4-11(2-3-11)8-13-9-6-12-7-10-14-15-16-17(9)10/h6-7,13H,2-5,8H2,1H3. The number of nitrogens with one attached hydrogen (secondary N) is 1. The van der Waals surface area contributed by atoms with Crippen molar-refractivity contribution in [3.8, 4) is 0 Å². The fourth-order valence-corrected chi connectivity index (χ4v) is 2.08. The molecule has 0 atom stereocenters. The zero-order valence-electron chi connectivity index (χ0n) is 10.3. The molecule has 7 nitrogen and oxygen atoms in total. The van der Waals surface area contributed by atoms with Gasteiger partial charge in [-0.3, -0.25) is 4.98 Å². The van der Waals surface area contributed by atoms with Crippen LogP contribution >= 0.6 is 0 Å². The van der Waals surface area contributed by atoms with Crippen LogP contribution in [-0.4, -0.2) is 45.3 Å². The average molecular weight is 248 g/mol. The lowest BCUT2D eigenvalue weighted by molar-refractivity contribution is 0.175. The van der Waals surface area contributed by atoms with Crippen molar-refractivity contribution in [1.29, 1.82) is 0 Å². The first-order valence-corrected chi connectivity index (χ1v) is 6.08. The maximum atomic E-state index is 5.15. The van der Waals surface area contributed by atoms with Crippen LogP contribution in [-0.2, 0) is 4.74 Å². The molecule has 1 aliphatic carbocycles. The predicted octanol–water partition coefficient (Wildman–Crippen LogP) is 0.748. The molecule has 1 saturated carbocycles. The molecule has 96 valence electrons. The smallest absolute Gasteiger partial charge is 0.199 e. The van der Waals surface area contributed by atoms with E-state index in [0.29, 0.717) is 11.1 Å². The molecule has 7 heteroatoms. The first-order chi connectivity index (χ1) is 8.83. The van der Waals surface area contributed by atoms with Gasteiger partial charge < -0.3 is 10.1 Å². The number of methoxy groups -OCH3 is 1. The minimum Gasteiger partial charge on any atom is -0.385 e. The zero-order chi connectivity index (χ0) is 12.4. The van der Waals surface area contributed by atoms with Crippen molar-refractivity contribution in [2.75, 3.05) is 25.6 Å². The van der Waals surface area contributed by atoms with Crippen LogP contribution in [0.5, 0.6) is 0 Å². The van der Waals surface area contributed by atoms with Crippen LogP contribution < -0.4 is 5.32 Å². The fraction of sp³-hybridized carbons (Fsp3) is 0.636. The van der Waals surface area contributed by atoms with E-state index in [1.165, 1.54) is 12.8 Å². The lowest BCUT2D eigenvalue weighted by Crippen LogP contribution is -2.19. The van der Waals surface area contributed by atoms with Crippen molar-refractivity contribution in [2.45, 2.75) is 19.3 Å². The molecule has 1 N–H and O–H groups in total. The average Bonchev–Trinajstić information content (AvgIpc) is 3.00. The summed E-state index contributed by atoms with van der Waals surface area (Å²) in [7, 11) is 1.75. The van der Waals surface area contributed by atoms with Gasteiger partial charge in [0.1, 0.15) is 5.82 Å². The van der Waals surface area contributed by atoms with E-state index in [1.807, 2.05) is 0 Å². The summed E-state index contributed by atoms with van der Waals surface area (Å²) in [6, 6.07) is 0. The molecule has 2 heterocycles. The molecule has 0 radical (unpaired) electrons. The summed E-state index contributed by atoms with van der Waals surface area (Å²) in [6.07, 6.45) is 6.99. The maximum absolute atomic E-state index is 5.15. The second-order valence-corrected chi connectivity index (χ2v) is 4.84. The third-order valence-corrected chi connectivity index (χ3v) is 3.55. The molecule has 0 bridgehead atoms. The number of rotatable bonds is 6. The number of aromatic nitrogens is 5. The number of anilines is 1. The van der Waals surface area contributed by atoms with Crippen molar-refractivity contribution in [2.24, 2.45) is 5.41 Å². The highest BCUT2D eigenvalue weighted by molar-refractivity contribution is 5.43. The molecular formula is C11H16N6O. The summed E-state index contributed by atoms with van der Waals surface area (Å²) in [6.45, 7) is 1.73. The highest BCUT2D eigenvalue weighted by Crippen LogP contribution is 2.48. The summed E-state index contributed by atoms with van der Waals surface area (Å²) in [5, 5.41) is 14.8. The largest absolute Gasteiger partial charge is 0.385 e. The first kappa shape index (κ1) is 11.3. The number of nitrogens with zero attached hydrogens (tertiary/aromatic N) is 5. The minimum atomic E-state index is 0.381. The number of hydrogen-bond donors (Lipinski definition) is 1. The molecule has 2 aromatic rings. The molecule has 1 aliphatic rings. The van der Waals surface area contributed by atoms with Crippen LogP contribution in [0.4, 0.5) is 5.82 Å².